The molecule has 1 rings (SSSR count). The van der Waals surface area contributed by atoms with Gasteiger partial charge >= 0.3 is 0 Å². The van der Waals surface area contributed by atoms with Gasteiger partial charge in [-0.2, -0.15) is 0 Å². The third-order valence-corrected chi connectivity index (χ3v) is 3.82. The Labute approximate surface area is 135 Å². The highest BCUT2D eigenvalue weighted by Crippen LogP contribution is 2.15. The van der Waals surface area contributed by atoms with Gasteiger partial charge in [-0.15, -0.1) is 0 Å². The van der Waals surface area contributed by atoms with Crippen LogP contribution in [0.3, 0.4) is 0 Å². The standard InChI is InChI=1S/C18H30ClNO/c1-4-5-11-21-12-10-17(14-20-15(2)3)13-16-6-8-18(19)9-7-16/h6-9,15,17,20H,4-5,10-14H2,1-3H3. The minimum absolute atomic E-state index is 0.527. The van der Waals surface area contributed by atoms with Gasteiger partial charge in [0.15, 0.2) is 0 Å². The average Bonchev–Trinajstić information content (AvgIpc) is 2.46. The SMILES string of the molecule is CCCCOCCC(CNC(C)C)Cc1ccc(Cl)cc1. The van der Waals surface area contributed by atoms with Gasteiger partial charge in [-0.3, -0.25) is 0 Å². The number of benzene rings is 1. The molecule has 120 valence electrons. The highest BCUT2D eigenvalue weighted by molar-refractivity contribution is 6.30. The molecule has 1 unspecified atom stereocenters. The van der Waals surface area contributed by atoms with E-state index in [-0.39, 0.29) is 0 Å². The molecule has 0 aromatic heterocycles. The topological polar surface area (TPSA) is 21.3 Å². The van der Waals surface area contributed by atoms with Crippen LogP contribution < -0.4 is 5.32 Å². The second kappa shape index (κ2) is 11.1. The van der Waals surface area contributed by atoms with Gasteiger partial charge in [-0.25, -0.2) is 0 Å². The lowest BCUT2D eigenvalue weighted by Gasteiger charge is -2.19. The summed E-state index contributed by atoms with van der Waals surface area (Å²) in [6.07, 6.45) is 4.54. The van der Waals surface area contributed by atoms with Crippen LogP contribution in [0.15, 0.2) is 24.3 Å². The average molecular weight is 312 g/mol. The molecule has 0 aliphatic rings. The van der Waals surface area contributed by atoms with Crippen LogP contribution in [0.4, 0.5) is 0 Å². The first-order chi connectivity index (χ1) is 10.1. The van der Waals surface area contributed by atoms with Crippen molar-refractivity contribution in [3.63, 3.8) is 0 Å². The molecule has 0 radical (unpaired) electrons. The van der Waals surface area contributed by atoms with Crippen LogP contribution in [0.1, 0.15) is 45.6 Å². The maximum absolute atomic E-state index is 5.95. The molecule has 0 saturated carbocycles. The molecule has 1 aromatic carbocycles. The predicted octanol–water partition coefficient (Wildman–Crippen LogP) is 4.70. The number of halogens is 1. The van der Waals surface area contributed by atoms with E-state index >= 15 is 0 Å². The summed E-state index contributed by atoms with van der Waals surface area (Å²) in [5, 5.41) is 4.35. The van der Waals surface area contributed by atoms with Crippen LogP contribution in [0.2, 0.25) is 5.02 Å². The van der Waals surface area contributed by atoms with Crippen molar-refractivity contribution >= 4 is 11.6 Å². The van der Waals surface area contributed by atoms with Gasteiger partial charge in [-0.1, -0.05) is 50.9 Å². The van der Waals surface area contributed by atoms with E-state index in [0.717, 1.165) is 44.0 Å². The van der Waals surface area contributed by atoms with Crippen LogP contribution in [-0.2, 0) is 11.2 Å². The van der Waals surface area contributed by atoms with E-state index in [2.05, 4.69) is 38.2 Å². The van der Waals surface area contributed by atoms with Crippen LogP contribution in [0, 0.1) is 5.92 Å². The van der Waals surface area contributed by atoms with Crippen molar-refractivity contribution in [2.75, 3.05) is 19.8 Å². The summed E-state index contributed by atoms with van der Waals surface area (Å²) in [7, 11) is 0. The molecule has 0 aliphatic carbocycles. The molecule has 1 aromatic rings. The molecule has 0 fully saturated rings. The van der Waals surface area contributed by atoms with E-state index in [1.165, 1.54) is 12.0 Å². The zero-order valence-corrected chi connectivity index (χ0v) is 14.5. The summed E-state index contributed by atoms with van der Waals surface area (Å²) < 4.78 is 5.72. The Morgan fingerprint density at radius 2 is 1.86 bits per heavy atom. The molecule has 2 nitrogen and oxygen atoms in total. The zero-order chi connectivity index (χ0) is 15.5. The molecule has 3 heteroatoms. The smallest absolute Gasteiger partial charge is 0.0469 e. The third kappa shape index (κ3) is 9.13. The van der Waals surface area contributed by atoms with Gasteiger partial charge in [0.1, 0.15) is 0 Å². The van der Waals surface area contributed by atoms with Crippen molar-refractivity contribution in [3.8, 4) is 0 Å². The zero-order valence-electron chi connectivity index (χ0n) is 13.7. The van der Waals surface area contributed by atoms with Crippen LogP contribution >= 0.6 is 11.6 Å². The number of hydrogen-bond donors (Lipinski definition) is 1. The first-order valence-electron chi connectivity index (χ1n) is 8.17. The monoisotopic (exact) mass is 311 g/mol. The van der Waals surface area contributed by atoms with Gasteiger partial charge in [-0.05, 0) is 49.4 Å². The van der Waals surface area contributed by atoms with Gasteiger partial charge < -0.3 is 10.1 Å². The number of unbranched alkanes of at least 4 members (excludes halogenated alkanes) is 1. The number of hydrogen-bond acceptors (Lipinski definition) is 2. The number of nitrogens with one attached hydrogen (secondary N) is 1. The van der Waals surface area contributed by atoms with Crippen LogP contribution in [0.5, 0.6) is 0 Å². The Balaban J connectivity index is 2.41. The van der Waals surface area contributed by atoms with E-state index in [1.807, 2.05) is 12.1 Å². The van der Waals surface area contributed by atoms with E-state index in [4.69, 9.17) is 16.3 Å². The fraction of sp³-hybridized carbons (Fsp3) is 0.667. The Hall–Kier alpha value is -0.570. The second-order valence-electron chi connectivity index (χ2n) is 6.01. The Morgan fingerprint density at radius 1 is 1.14 bits per heavy atom. The van der Waals surface area contributed by atoms with Crippen LogP contribution in [-0.4, -0.2) is 25.8 Å². The van der Waals surface area contributed by atoms with Crippen molar-refractivity contribution in [2.45, 2.75) is 52.5 Å². The van der Waals surface area contributed by atoms with Crippen LogP contribution in [0.25, 0.3) is 0 Å². The fourth-order valence-electron chi connectivity index (χ4n) is 2.23. The van der Waals surface area contributed by atoms with E-state index in [9.17, 15) is 0 Å². The van der Waals surface area contributed by atoms with Crippen molar-refractivity contribution in [2.24, 2.45) is 5.92 Å². The molecular weight excluding hydrogens is 282 g/mol. The highest BCUT2D eigenvalue weighted by atomic mass is 35.5. The minimum Gasteiger partial charge on any atom is -0.381 e. The number of rotatable bonds is 11. The molecule has 21 heavy (non-hydrogen) atoms. The maximum Gasteiger partial charge on any atom is 0.0469 e. The van der Waals surface area contributed by atoms with E-state index < -0.39 is 0 Å². The quantitative estimate of drug-likeness (QED) is 0.598. The lowest BCUT2D eigenvalue weighted by Crippen LogP contribution is -2.30. The second-order valence-corrected chi connectivity index (χ2v) is 6.45. The summed E-state index contributed by atoms with van der Waals surface area (Å²) in [5.74, 6) is 0.607. The van der Waals surface area contributed by atoms with E-state index in [0.29, 0.717) is 12.0 Å². The molecule has 0 saturated heterocycles. The van der Waals surface area contributed by atoms with Gasteiger partial charge in [0.2, 0.25) is 0 Å². The molecule has 0 spiro atoms. The summed E-state index contributed by atoms with van der Waals surface area (Å²) >= 11 is 5.95. The third-order valence-electron chi connectivity index (χ3n) is 3.57. The van der Waals surface area contributed by atoms with Crippen molar-refractivity contribution in [3.05, 3.63) is 34.9 Å². The molecule has 0 bridgehead atoms. The number of ether oxygens (including phenoxy) is 1. The molecule has 0 amide bonds. The Bertz CT molecular complexity index is 364. The largest absolute Gasteiger partial charge is 0.381 e. The lowest BCUT2D eigenvalue weighted by molar-refractivity contribution is 0.116. The molecule has 1 N–H and O–H groups in total. The predicted molar refractivity (Wildman–Crippen MR) is 92.1 cm³/mol. The van der Waals surface area contributed by atoms with Gasteiger partial charge in [0.05, 0.1) is 0 Å². The molecule has 1 atom stereocenters. The van der Waals surface area contributed by atoms with Crippen molar-refractivity contribution in [1.82, 2.24) is 5.32 Å². The molecule has 0 heterocycles. The Kier molecular flexibility index (Phi) is 9.73. The minimum atomic E-state index is 0.527. The van der Waals surface area contributed by atoms with Gasteiger partial charge in [0, 0.05) is 24.3 Å². The summed E-state index contributed by atoms with van der Waals surface area (Å²) in [6, 6.07) is 8.73. The maximum atomic E-state index is 5.95. The summed E-state index contributed by atoms with van der Waals surface area (Å²) in [6.45, 7) is 9.37. The highest BCUT2D eigenvalue weighted by Gasteiger charge is 2.10. The molecule has 0 aliphatic heterocycles. The van der Waals surface area contributed by atoms with Crippen molar-refractivity contribution < 1.29 is 4.74 Å². The Morgan fingerprint density at radius 3 is 2.48 bits per heavy atom. The lowest BCUT2D eigenvalue weighted by atomic mass is 9.96. The fourth-order valence-corrected chi connectivity index (χ4v) is 2.36. The first-order valence-corrected chi connectivity index (χ1v) is 8.55. The first kappa shape index (κ1) is 18.5. The van der Waals surface area contributed by atoms with Gasteiger partial charge in [0.25, 0.3) is 0 Å². The summed E-state index contributed by atoms with van der Waals surface area (Å²) in [4.78, 5) is 0. The van der Waals surface area contributed by atoms with E-state index in [1.54, 1.807) is 0 Å². The molecular formula is C18H30ClNO. The normalized spacial score (nSPS) is 12.8. The summed E-state index contributed by atoms with van der Waals surface area (Å²) in [5.41, 5.74) is 1.35. The van der Waals surface area contributed by atoms with Crippen molar-refractivity contribution in [1.29, 1.82) is 0 Å².